The summed E-state index contributed by atoms with van der Waals surface area (Å²) in [7, 11) is -2.58. The third-order valence-electron chi connectivity index (χ3n) is 4.99. The van der Waals surface area contributed by atoms with E-state index in [4.69, 9.17) is 9.52 Å². The number of amides is 2. The average molecular weight is 394 g/mol. The number of rotatable bonds is 3. The van der Waals surface area contributed by atoms with Gasteiger partial charge in [0, 0.05) is 44.9 Å². The summed E-state index contributed by atoms with van der Waals surface area (Å²) in [6.45, 7) is 6.34. The van der Waals surface area contributed by atoms with Crippen LogP contribution in [0.2, 0.25) is 0 Å². The predicted octanol–water partition coefficient (Wildman–Crippen LogP) is 3.33. The van der Waals surface area contributed by atoms with Gasteiger partial charge in [-0.15, -0.1) is 0 Å². The lowest BCUT2D eigenvalue weighted by Gasteiger charge is -2.34. The Kier molecular flexibility index (Phi) is 4.96. The lowest BCUT2D eigenvalue weighted by molar-refractivity contribution is -0.121. The molecule has 2 N–H and O–H groups in total. The van der Waals surface area contributed by atoms with Gasteiger partial charge in [-0.25, -0.2) is 9.00 Å². The van der Waals surface area contributed by atoms with Crippen molar-refractivity contribution in [1.82, 2.24) is 4.90 Å². The molecule has 7 nitrogen and oxygen atoms in total. The number of fused-ring (bicyclic) bond motifs is 1. The number of nitrogens with one attached hydrogen (secondary N) is 2. The van der Waals surface area contributed by atoms with Crippen molar-refractivity contribution in [2.75, 3.05) is 11.6 Å². The van der Waals surface area contributed by atoms with Crippen molar-refractivity contribution in [3.05, 3.63) is 29.3 Å². The highest BCUT2D eigenvalue weighted by molar-refractivity contribution is 7.92. The first-order valence-corrected chi connectivity index (χ1v) is 11.1. The van der Waals surface area contributed by atoms with Gasteiger partial charge in [0.15, 0.2) is 0 Å². The average Bonchev–Trinajstić information content (AvgIpc) is 2.87. The second kappa shape index (κ2) is 6.82. The van der Waals surface area contributed by atoms with Crippen molar-refractivity contribution in [3.63, 3.8) is 0 Å². The first-order valence-electron chi connectivity index (χ1n) is 9.06. The smallest absolute Gasteiger partial charge is 0.410 e. The number of ether oxygens (including phenoxy) is 1. The van der Waals surface area contributed by atoms with E-state index < -0.39 is 15.3 Å². The molecule has 1 unspecified atom stereocenters. The zero-order chi connectivity index (χ0) is 20.0. The van der Waals surface area contributed by atoms with Gasteiger partial charge < -0.3 is 10.1 Å². The number of carbonyl (C=O) groups excluding carboxylic acids is 2. The van der Waals surface area contributed by atoms with Crippen LogP contribution in [0.25, 0.3) is 0 Å². The van der Waals surface area contributed by atoms with Crippen LogP contribution < -0.4 is 5.32 Å². The number of nitrogens with zero attached hydrogens (tertiary/aromatic N) is 1. The zero-order valence-electron chi connectivity index (χ0n) is 16.2. The topological polar surface area (TPSA) is 99.6 Å². The third-order valence-corrected chi connectivity index (χ3v) is 6.65. The molecule has 3 rings (SSSR count). The lowest BCUT2D eigenvalue weighted by Crippen LogP contribution is -2.41. The van der Waals surface area contributed by atoms with E-state index in [1.807, 2.05) is 39.0 Å². The number of hydrogen-bond acceptors (Lipinski definition) is 5. The quantitative estimate of drug-likeness (QED) is 0.823. The molecule has 148 valence electrons. The standard InChI is InChI=1S/C19H27N3O4S/c1-19(2,3)26-18(24)22-10-12-6-5-7-16(15(12)11-22)21-17(23)13-8-14(9-13)27(4,20)25/h5-7,13-14,20H,8-11H2,1-4H3,(H,21,23). The van der Waals surface area contributed by atoms with Crippen LogP contribution >= 0.6 is 0 Å². The summed E-state index contributed by atoms with van der Waals surface area (Å²) in [5.74, 6) is -0.320. The van der Waals surface area contributed by atoms with E-state index in [0.29, 0.717) is 31.6 Å². The highest BCUT2D eigenvalue weighted by Gasteiger charge is 2.39. The van der Waals surface area contributed by atoms with Crippen LogP contribution in [0.5, 0.6) is 0 Å². The molecule has 0 radical (unpaired) electrons. The minimum atomic E-state index is -2.58. The lowest BCUT2D eigenvalue weighted by atomic mass is 9.84. The van der Waals surface area contributed by atoms with E-state index in [1.165, 1.54) is 6.26 Å². The summed E-state index contributed by atoms with van der Waals surface area (Å²) in [5, 5.41) is 2.76. The molecular weight excluding hydrogens is 366 g/mol. The minimum Gasteiger partial charge on any atom is -0.444 e. The maximum atomic E-state index is 12.5. The molecule has 1 heterocycles. The molecule has 0 saturated heterocycles. The van der Waals surface area contributed by atoms with Gasteiger partial charge >= 0.3 is 6.09 Å². The van der Waals surface area contributed by atoms with Gasteiger partial charge in [0.2, 0.25) is 5.91 Å². The van der Waals surface area contributed by atoms with E-state index in [1.54, 1.807) is 4.90 Å². The Balaban J connectivity index is 1.65. The molecule has 1 aromatic rings. The van der Waals surface area contributed by atoms with Crippen LogP contribution in [-0.4, -0.2) is 38.2 Å². The highest BCUT2D eigenvalue weighted by atomic mass is 32.2. The molecular formula is C19H27N3O4S. The maximum absolute atomic E-state index is 12.5. The molecule has 0 bridgehead atoms. The molecule has 1 fully saturated rings. The van der Waals surface area contributed by atoms with Crippen LogP contribution in [0.15, 0.2) is 18.2 Å². The fourth-order valence-corrected chi connectivity index (χ4v) is 4.58. The zero-order valence-corrected chi connectivity index (χ0v) is 17.0. The van der Waals surface area contributed by atoms with Gasteiger partial charge in [0.05, 0.1) is 6.54 Å². The van der Waals surface area contributed by atoms with Crippen molar-refractivity contribution in [2.45, 2.75) is 57.6 Å². The molecule has 1 aliphatic heterocycles. The van der Waals surface area contributed by atoms with Gasteiger partial charge in [-0.3, -0.25) is 14.5 Å². The molecule has 0 aromatic heterocycles. The summed E-state index contributed by atoms with van der Waals surface area (Å²) < 4.78 is 24.8. The number of anilines is 1. The number of carbonyl (C=O) groups is 2. The monoisotopic (exact) mass is 393 g/mol. The van der Waals surface area contributed by atoms with Gasteiger partial charge in [0.1, 0.15) is 5.60 Å². The molecule has 2 amide bonds. The van der Waals surface area contributed by atoms with Crippen LogP contribution in [0, 0.1) is 10.7 Å². The Labute approximate surface area is 160 Å². The van der Waals surface area contributed by atoms with E-state index in [9.17, 15) is 13.8 Å². The Morgan fingerprint density at radius 2 is 1.93 bits per heavy atom. The van der Waals surface area contributed by atoms with Crippen LogP contribution in [0.1, 0.15) is 44.7 Å². The van der Waals surface area contributed by atoms with E-state index in [-0.39, 0.29) is 23.2 Å². The first-order chi connectivity index (χ1) is 12.4. The Bertz CT molecular complexity index is 867. The SMILES string of the molecule is CC(C)(C)OC(=O)N1Cc2cccc(NC(=O)C3CC(S(C)(=N)=O)C3)c2C1. The summed E-state index contributed by atoms with van der Waals surface area (Å²) in [6.07, 6.45) is 2.04. The molecule has 2 aliphatic rings. The van der Waals surface area contributed by atoms with Crippen molar-refractivity contribution >= 4 is 27.4 Å². The molecule has 1 atom stereocenters. The second-order valence-corrected chi connectivity index (χ2v) is 10.9. The Hall–Kier alpha value is -2.09. The van der Waals surface area contributed by atoms with Crippen molar-refractivity contribution < 1.29 is 18.5 Å². The number of benzene rings is 1. The summed E-state index contributed by atoms with van der Waals surface area (Å²) in [6, 6.07) is 5.64. The fourth-order valence-electron chi connectivity index (χ4n) is 3.38. The summed E-state index contributed by atoms with van der Waals surface area (Å²) in [5.41, 5.74) is 2.06. The fraction of sp³-hybridized carbons (Fsp3) is 0.579. The van der Waals surface area contributed by atoms with Gasteiger partial charge in [-0.1, -0.05) is 12.1 Å². The third kappa shape index (κ3) is 4.43. The molecule has 27 heavy (non-hydrogen) atoms. The molecule has 1 aliphatic carbocycles. The molecule has 1 saturated carbocycles. The van der Waals surface area contributed by atoms with Crippen LogP contribution in [0.4, 0.5) is 10.5 Å². The molecule has 8 heteroatoms. The largest absolute Gasteiger partial charge is 0.444 e. The van der Waals surface area contributed by atoms with Gasteiger partial charge in [0.25, 0.3) is 0 Å². The van der Waals surface area contributed by atoms with Gasteiger partial charge in [-0.05, 0) is 45.2 Å². The van der Waals surface area contributed by atoms with Crippen LogP contribution in [-0.2, 0) is 32.3 Å². The normalized spacial score (nSPS) is 23.8. The first kappa shape index (κ1) is 19.7. The van der Waals surface area contributed by atoms with Crippen molar-refractivity contribution in [2.24, 2.45) is 5.92 Å². The van der Waals surface area contributed by atoms with E-state index >= 15 is 0 Å². The van der Waals surface area contributed by atoms with Crippen molar-refractivity contribution in [3.8, 4) is 0 Å². The highest BCUT2D eigenvalue weighted by Crippen LogP contribution is 2.35. The van der Waals surface area contributed by atoms with Crippen molar-refractivity contribution in [1.29, 1.82) is 4.78 Å². The summed E-state index contributed by atoms with van der Waals surface area (Å²) >= 11 is 0. The Morgan fingerprint density at radius 3 is 2.52 bits per heavy atom. The van der Waals surface area contributed by atoms with E-state index in [2.05, 4.69) is 5.32 Å². The van der Waals surface area contributed by atoms with Crippen LogP contribution in [0.3, 0.4) is 0 Å². The summed E-state index contributed by atoms with van der Waals surface area (Å²) in [4.78, 5) is 26.5. The predicted molar refractivity (Wildman–Crippen MR) is 104 cm³/mol. The molecule has 1 aromatic carbocycles. The second-order valence-electron chi connectivity index (χ2n) is 8.46. The number of hydrogen-bond donors (Lipinski definition) is 2. The van der Waals surface area contributed by atoms with E-state index in [0.717, 1.165) is 11.1 Å². The maximum Gasteiger partial charge on any atom is 0.410 e. The minimum absolute atomic E-state index is 0.112. The Morgan fingerprint density at radius 1 is 1.26 bits per heavy atom. The van der Waals surface area contributed by atoms with Gasteiger partial charge in [-0.2, -0.15) is 0 Å². The molecule has 0 spiro atoms.